The largest absolute Gasteiger partial charge is 0.328 e. The maximum atomic E-state index is 12.4. The third kappa shape index (κ3) is 2.93. The molecule has 0 fully saturated rings. The predicted octanol–water partition coefficient (Wildman–Crippen LogP) is 4.07. The lowest BCUT2D eigenvalue weighted by molar-refractivity contribution is -0.113. The van der Waals surface area contributed by atoms with E-state index < -0.39 is 0 Å². The zero-order valence-electron chi connectivity index (χ0n) is 14.6. The Labute approximate surface area is 156 Å². The van der Waals surface area contributed by atoms with E-state index in [0.29, 0.717) is 10.1 Å². The fourth-order valence-electron chi connectivity index (χ4n) is 2.96. The molecule has 0 bridgehead atoms. The van der Waals surface area contributed by atoms with Gasteiger partial charge in [0.05, 0.1) is 15.9 Å². The van der Waals surface area contributed by atoms with Crippen LogP contribution in [-0.2, 0) is 11.8 Å². The average Bonchev–Trinajstić information content (AvgIpc) is 3.18. The van der Waals surface area contributed by atoms with E-state index >= 15 is 0 Å². The number of para-hydroxylation sites is 3. The second-order valence-electron chi connectivity index (χ2n) is 5.91. The number of hydrogen-bond donors (Lipinski definition) is 0. The van der Waals surface area contributed by atoms with Crippen LogP contribution in [0.5, 0.6) is 0 Å². The monoisotopic (exact) mass is 362 g/mol. The summed E-state index contributed by atoms with van der Waals surface area (Å²) in [6.07, 6.45) is 1.82. The Bertz CT molecular complexity index is 1040. The number of amidine groups is 1. The average molecular weight is 362 g/mol. The summed E-state index contributed by atoms with van der Waals surface area (Å²) in [6.45, 7) is 2.79. The molecule has 0 atom stereocenters. The van der Waals surface area contributed by atoms with E-state index in [1.54, 1.807) is 0 Å². The fourth-order valence-corrected chi connectivity index (χ4v) is 3.93. The fraction of sp³-hybridized carbons (Fsp3) is 0.150. The minimum Gasteiger partial charge on any atom is -0.328 e. The van der Waals surface area contributed by atoms with Crippen molar-refractivity contribution in [2.75, 3.05) is 11.4 Å². The zero-order chi connectivity index (χ0) is 18.1. The SMILES string of the molecule is CCN(C1=NC(=O)C(=Cc2nc3ccccc3n2C)S1)c1ccccc1. The van der Waals surface area contributed by atoms with Gasteiger partial charge in [0.1, 0.15) is 5.82 Å². The quantitative estimate of drug-likeness (QED) is 0.659. The zero-order valence-corrected chi connectivity index (χ0v) is 15.4. The number of thioether (sulfide) groups is 1. The van der Waals surface area contributed by atoms with Gasteiger partial charge in [-0.3, -0.25) is 4.79 Å². The van der Waals surface area contributed by atoms with E-state index in [2.05, 4.69) is 9.98 Å². The van der Waals surface area contributed by atoms with E-state index in [-0.39, 0.29) is 5.91 Å². The summed E-state index contributed by atoms with van der Waals surface area (Å²) in [5.74, 6) is 0.535. The first-order chi connectivity index (χ1) is 12.7. The molecule has 0 saturated heterocycles. The molecule has 130 valence electrons. The number of carbonyl (C=O) groups is 1. The van der Waals surface area contributed by atoms with Crippen LogP contribution in [0.3, 0.4) is 0 Å². The molecule has 2 heterocycles. The summed E-state index contributed by atoms with van der Waals surface area (Å²) >= 11 is 1.39. The van der Waals surface area contributed by atoms with Gasteiger partial charge in [0, 0.05) is 25.4 Å². The highest BCUT2D eigenvalue weighted by molar-refractivity contribution is 8.18. The summed E-state index contributed by atoms with van der Waals surface area (Å²) in [6, 6.07) is 17.9. The van der Waals surface area contributed by atoms with Crippen molar-refractivity contribution >= 4 is 45.6 Å². The number of carbonyl (C=O) groups excluding carboxylic acids is 1. The summed E-state index contributed by atoms with van der Waals surface area (Å²) in [5.41, 5.74) is 2.98. The first-order valence-corrected chi connectivity index (χ1v) is 9.25. The molecule has 0 unspecified atom stereocenters. The maximum Gasteiger partial charge on any atom is 0.286 e. The third-order valence-electron chi connectivity index (χ3n) is 4.31. The van der Waals surface area contributed by atoms with Crippen LogP contribution < -0.4 is 4.90 Å². The van der Waals surface area contributed by atoms with Gasteiger partial charge in [-0.15, -0.1) is 0 Å². The van der Waals surface area contributed by atoms with Crippen molar-refractivity contribution in [3.05, 3.63) is 65.3 Å². The Morgan fingerprint density at radius 1 is 1.12 bits per heavy atom. The molecule has 26 heavy (non-hydrogen) atoms. The molecule has 5 nitrogen and oxygen atoms in total. The van der Waals surface area contributed by atoms with Gasteiger partial charge in [-0.1, -0.05) is 30.3 Å². The highest BCUT2D eigenvalue weighted by Gasteiger charge is 2.26. The van der Waals surface area contributed by atoms with E-state index in [4.69, 9.17) is 0 Å². The van der Waals surface area contributed by atoms with Crippen molar-refractivity contribution in [1.82, 2.24) is 9.55 Å². The number of aromatic nitrogens is 2. The van der Waals surface area contributed by atoms with Crippen LogP contribution in [0.2, 0.25) is 0 Å². The molecule has 1 aromatic heterocycles. The highest BCUT2D eigenvalue weighted by atomic mass is 32.2. The van der Waals surface area contributed by atoms with Gasteiger partial charge < -0.3 is 9.47 Å². The number of fused-ring (bicyclic) bond motifs is 1. The number of amides is 1. The number of anilines is 1. The topological polar surface area (TPSA) is 50.5 Å². The van der Waals surface area contributed by atoms with Gasteiger partial charge in [-0.25, -0.2) is 4.98 Å². The Kier molecular flexibility index (Phi) is 4.34. The summed E-state index contributed by atoms with van der Waals surface area (Å²) in [7, 11) is 1.95. The molecule has 0 spiro atoms. The Hall–Kier alpha value is -2.86. The lowest BCUT2D eigenvalue weighted by Crippen LogP contribution is -2.27. The van der Waals surface area contributed by atoms with Gasteiger partial charge in [0.25, 0.3) is 5.91 Å². The molecule has 0 saturated carbocycles. The number of nitrogens with zero attached hydrogens (tertiary/aromatic N) is 4. The second-order valence-corrected chi connectivity index (χ2v) is 6.92. The normalized spacial score (nSPS) is 15.7. The summed E-state index contributed by atoms with van der Waals surface area (Å²) in [4.78, 5) is 23.9. The number of hydrogen-bond acceptors (Lipinski definition) is 4. The summed E-state index contributed by atoms with van der Waals surface area (Å²) < 4.78 is 1.99. The van der Waals surface area contributed by atoms with E-state index in [9.17, 15) is 4.79 Å². The minimum atomic E-state index is -0.216. The third-order valence-corrected chi connectivity index (χ3v) is 5.31. The lowest BCUT2D eigenvalue weighted by atomic mass is 10.3. The number of imidazole rings is 1. The molecule has 3 aromatic rings. The van der Waals surface area contributed by atoms with Crippen LogP contribution in [0, 0.1) is 0 Å². The van der Waals surface area contributed by atoms with Crippen molar-refractivity contribution in [2.24, 2.45) is 12.0 Å². The van der Waals surface area contributed by atoms with Gasteiger partial charge in [-0.2, -0.15) is 4.99 Å². The minimum absolute atomic E-state index is 0.216. The first kappa shape index (κ1) is 16.6. The number of aliphatic imine (C=N–C) groups is 1. The number of aryl methyl sites for hydroxylation is 1. The maximum absolute atomic E-state index is 12.4. The van der Waals surface area contributed by atoms with Crippen LogP contribution in [-0.4, -0.2) is 27.2 Å². The van der Waals surface area contributed by atoms with Gasteiger partial charge >= 0.3 is 0 Å². The van der Waals surface area contributed by atoms with Crippen molar-refractivity contribution < 1.29 is 4.79 Å². The van der Waals surface area contributed by atoms with E-state index in [1.165, 1.54) is 11.8 Å². The first-order valence-electron chi connectivity index (χ1n) is 8.44. The van der Waals surface area contributed by atoms with Crippen LogP contribution >= 0.6 is 11.8 Å². The van der Waals surface area contributed by atoms with Gasteiger partial charge in [-0.05, 0) is 43.0 Å². The Morgan fingerprint density at radius 3 is 2.58 bits per heavy atom. The standard InChI is InChI=1S/C20H18N4OS/c1-3-24(14-9-5-4-6-10-14)20-22-19(25)17(26-20)13-18-21-15-11-7-8-12-16(15)23(18)2/h4-13H,3H2,1-2H3. The van der Waals surface area contributed by atoms with Crippen molar-refractivity contribution in [3.8, 4) is 0 Å². The van der Waals surface area contributed by atoms with Crippen LogP contribution in [0.4, 0.5) is 5.69 Å². The van der Waals surface area contributed by atoms with Crippen molar-refractivity contribution in [3.63, 3.8) is 0 Å². The highest BCUT2D eigenvalue weighted by Crippen LogP contribution is 2.32. The van der Waals surface area contributed by atoms with Crippen LogP contribution in [0.25, 0.3) is 17.1 Å². The molecule has 6 heteroatoms. The van der Waals surface area contributed by atoms with Crippen LogP contribution in [0.1, 0.15) is 12.7 Å². The smallest absolute Gasteiger partial charge is 0.286 e. The molecule has 1 aliphatic rings. The molecule has 0 aliphatic carbocycles. The van der Waals surface area contributed by atoms with Gasteiger partial charge in [0.2, 0.25) is 0 Å². The van der Waals surface area contributed by atoms with Gasteiger partial charge in [0.15, 0.2) is 5.17 Å². The molecule has 1 aliphatic heterocycles. The number of benzene rings is 2. The van der Waals surface area contributed by atoms with Crippen molar-refractivity contribution in [1.29, 1.82) is 0 Å². The molecule has 4 rings (SSSR count). The molecule has 0 radical (unpaired) electrons. The molecule has 1 amide bonds. The Morgan fingerprint density at radius 2 is 1.85 bits per heavy atom. The molecular formula is C20H18N4OS. The summed E-state index contributed by atoms with van der Waals surface area (Å²) in [5, 5.41) is 0.703. The lowest BCUT2D eigenvalue weighted by Gasteiger charge is -2.21. The number of rotatable bonds is 3. The molecule has 0 N–H and O–H groups in total. The van der Waals surface area contributed by atoms with Crippen molar-refractivity contribution in [2.45, 2.75) is 6.92 Å². The van der Waals surface area contributed by atoms with Crippen LogP contribution in [0.15, 0.2) is 64.5 Å². The predicted molar refractivity (Wildman–Crippen MR) is 108 cm³/mol. The van der Waals surface area contributed by atoms with E-state index in [0.717, 1.165) is 29.1 Å². The Balaban J connectivity index is 1.65. The second kappa shape index (κ2) is 6.80. The van der Waals surface area contributed by atoms with E-state index in [1.807, 2.05) is 84.1 Å². The molecule has 2 aromatic carbocycles. The molecular weight excluding hydrogens is 344 g/mol.